The van der Waals surface area contributed by atoms with Gasteiger partial charge in [-0.05, 0) is 5.92 Å². The Morgan fingerprint density at radius 3 is 2.24 bits per heavy atom. The lowest BCUT2D eigenvalue weighted by Crippen LogP contribution is -2.13. The van der Waals surface area contributed by atoms with Gasteiger partial charge in [0.15, 0.2) is 0 Å². The van der Waals surface area contributed by atoms with E-state index in [0.29, 0.717) is 16.7 Å². The molecule has 0 fully saturated rings. The van der Waals surface area contributed by atoms with E-state index in [0.717, 1.165) is 11.3 Å². The SMILES string of the molecule is CC(C)CC(=O)Nc1nnc(NC(=O)CCl)s1. The van der Waals surface area contributed by atoms with Gasteiger partial charge in [-0.25, -0.2) is 0 Å². The lowest BCUT2D eigenvalue weighted by atomic mass is 10.1. The Morgan fingerprint density at radius 2 is 1.76 bits per heavy atom. The van der Waals surface area contributed by atoms with E-state index < -0.39 is 0 Å². The monoisotopic (exact) mass is 276 g/mol. The normalized spacial score (nSPS) is 10.4. The first-order valence-electron chi connectivity index (χ1n) is 5.00. The molecular weight excluding hydrogens is 264 g/mol. The standard InChI is InChI=1S/C9H13ClN4O2S/c1-5(2)3-6(15)11-8-13-14-9(17-8)12-7(16)4-10/h5H,3-4H2,1-2H3,(H,11,13,15)(H,12,14,16). The fourth-order valence-electron chi connectivity index (χ4n) is 1.02. The van der Waals surface area contributed by atoms with Crippen molar-refractivity contribution in [3.8, 4) is 0 Å². The van der Waals surface area contributed by atoms with Crippen LogP contribution >= 0.6 is 22.9 Å². The molecule has 1 aromatic heterocycles. The molecule has 94 valence electrons. The highest BCUT2D eigenvalue weighted by atomic mass is 35.5. The van der Waals surface area contributed by atoms with Crippen LogP contribution in [0.2, 0.25) is 0 Å². The van der Waals surface area contributed by atoms with Crippen molar-refractivity contribution in [3.05, 3.63) is 0 Å². The molecule has 1 heterocycles. The minimum absolute atomic E-state index is 0.119. The summed E-state index contributed by atoms with van der Waals surface area (Å²) in [5.41, 5.74) is 0. The van der Waals surface area contributed by atoms with Crippen LogP contribution in [-0.4, -0.2) is 27.9 Å². The van der Waals surface area contributed by atoms with E-state index in [4.69, 9.17) is 11.6 Å². The minimum atomic E-state index is -0.358. The van der Waals surface area contributed by atoms with Crippen LogP contribution in [0.25, 0.3) is 0 Å². The Morgan fingerprint density at radius 1 is 1.24 bits per heavy atom. The quantitative estimate of drug-likeness (QED) is 0.802. The fourth-order valence-corrected chi connectivity index (χ4v) is 1.76. The topological polar surface area (TPSA) is 84.0 Å². The summed E-state index contributed by atoms with van der Waals surface area (Å²) in [7, 11) is 0. The zero-order chi connectivity index (χ0) is 12.8. The molecule has 0 bridgehead atoms. The smallest absolute Gasteiger partial charge is 0.241 e. The van der Waals surface area contributed by atoms with Crippen molar-refractivity contribution in [2.24, 2.45) is 5.92 Å². The summed E-state index contributed by atoms with van der Waals surface area (Å²) in [6.07, 6.45) is 0.420. The van der Waals surface area contributed by atoms with Crippen LogP contribution in [0.1, 0.15) is 20.3 Å². The van der Waals surface area contributed by atoms with Gasteiger partial charge in [0.25, 0.3) is 0 Å². The lowest BCUT2D eigenvalue weighted by molar-refractivity contribution is -0.117. The van der Waals surface area contributed by atoms with Crippen molar-refractivity contribution in [3.63, 3.8) is 0 Å². The Labute approximate surface area is 108 Å². The van der Waals surface area contributed by atoms with Crippen molar-refractivity contribution < 1.29 is 9.59 Å². The molecule has 0 saturated heterocycles. The first kappa shape index (κ1) is 13.9. The summed E-state index contributed by atoms with van der Waals surface area (Å²) in [5, 5.41) is 13.2. The minimum Gasteiger partial charge on any atom is -0.300 e. The number of aromatic nitrogens is 2. The number of alkyl halides is 1. The van der Waals surface area contributed by atoms with Gasteiger partial charge in [0.05, 0.1) is 0 Å². The molecule has 0 radical (unpaired) electrons. The van der Waals surface area contributed by atoms with E-state index in [2.05, 4.69) is 20.8 Å². The van der Waals surface area contributed by atoms with Gasteiger partial charge in [0.1, 0.15) is 5.88 Å². The predicted octanol–water partition coefficient (Wildman–Crippen LogP) is 1.70. The molecule has 0 unspecified atom stereocenters. The lowest BCUT2D eigenvalue weighted by Gasteiger charge is -2.02. The third-order valence-electron chi connectivity index (χ3n) is 1.63. The maximum Gasteiger partial charge on any atom is 0.241 e. The van der Waals surface area contributed by atoms with Crippen LogP contribution in [-0.2, 0) is 9.59 Å². The fraction of sp³-hybridized carbons (Fsp3) is 0.556. The highest BCUT2D eigenvalue weighted by molar-refractivity contribution is 7.19. The number of anilines is 2. The second kappa shape index (κ2) is 6.51. The molecule has 0 aromatic carbocycles. The van der Waals surface area contributed by atoms with Gasteiger partial charge < -0.3 is 5.32 Å². The van der Waals surface area contributed by atoms with Crippen LogP contribution in [0, 0.1) is 5.92 Å². The third-order valence-corrected chi connectivity index (χ3v) is 2.63. The van der Waals surface area contributed by atoms with Gasteiger partial charge in [-0.3, -0.25) is 14.9 Å². The van der Waals surface area contributed by atoms with Gasteiger partial charge in [0, 0.05) is 6.42 Å². The number of nitrogens with zero attached hydrogens (tertiary/aromatic N) is 2. The van der Waals surface area contributed by atoms with Crippen molar-refractivity contribution in [1.82, 2.24) is 10.2 Å². The van der Waals surface area contributed by atoms with Gasteiger partial charge in [0.2, 0.25) is 22.1 Å². The van der Waals surface area contributed by atoms with E-state index in [1.54, 1.807) is 0 Å². The van der Waals surface area contributed by atoms with Crippen LogP contribution in [0.4, 0.5) is 10.3 Å². The molecular formula is C9H13ClN4O2S. The molecule has 0 aliphatic heterocycles. The van der Waals surface area contributed by atoms with Crippen molar-refractivity contribution in [2.75, 3.05) is 16.5 Å². The highest BCUT2D eigenvalue weighted by Crippen LogP contribution is 2.20. The summed E-state index contributed by atoms with van der Waals surface area (Å²) >= 11 is 6.41. The van der Waals surface area contributed by atoms with Gasteiger partial charge in [-0.1, -0.05) is 25.2 Å². The molecule has 1 rings (SSSR count). The highest BCUT2D eigenvalue weighted by Gasteiger charge is 2.10. The van der Waals surface area contributed by atoms with Gasteiger partial charge in [-0.2, -0.15) is 0 Å². The first-order valence-corrected chi connectivity index (χ1v) is 6.35. The number of halogens is 1. The predicted molar refractivity (Wildman–Crippen MR) is 67.3 cm³/mol. The molecule has 0 saturated carbocycles. The number of hydrogen-bond donors (Lipinski definition) is 2. The summed E-state index contributed by atoms with van der Waals surface area (Å²) in [6.45, 7) is 3.90. The van der Waals surface area contributed by atoms with Crippen LogP contribution in [0.3, 0.4) is 0 Å². The molecule has 17 heavy (non-hydrogen) atoms. The van der Waals surface area contributed by atoms with E-state index >= 15 is 0 Å². The average molecular weight is 277 g/mol. The second-order valence-electron chi connectivity index (χ2n) is 3.74. The van der Waals surface area contributed by atoms with E-state index in [1.165, 1.54) is 0 Å². The number of nitrogens with one attached hydrogen (secondary N) is 2. The largest absolute Gasteiger partial charge is 0.300 e. The number of rotatable bonds is 5. The molecule has 0 spiro atoms. The maximum atomic E-state index is 11.4. The van der Waals surface area contributed by atoms with Crippen LogP contribution in [0.5, 0.6) is 0 Å². The summed E-state index contributed by atoms with van der Waals surface area (Å²) in [4.78, 5) is 22.4. The zero-order valence-electron chi connectivity index (χ0n) is 9.49. The molecule has 6 nitrogen and oxygen atoms in total. The third kappa shape index (κ3) is 5.10. The molecule has 0 atom stereocenters. The number of hydrogen-bond acceptors (Lipinski definition) is 5. The molecule has 2 N–H and O–H groups in total. The average Bonchev–Trinajstić information content (AvgIpc) is 2.63. The molecule has 8 heteroatoms. The Kier molecular flexibility index (Phi) is 5.30. The second-order valence-corrected chi connectivity index (χ2v) is 4.99. The van der Waals surface area contributed by atoms with E-state index in [9.17, 15) is 9.59 Å². The summed E-state index contributed by atoms with van der Waals surface area (Å²) in [5.74, 6) is -0.346. The Hall–Kier alpha value is -1.21. The molecule has 1 aromatic rings. The number of carbonyl (C=O) groups excluding carboxylic acids is 2. The van der Waals surface area contributed by atoms with Crippen molar-refractivity contribution in [2.45, 2.75) is 20.3 Å². The van der Waals surface area contributed by atoms with Crippen LogP contribution < -0.4 is 10.6 Å². The number of carbonyl (C=O) groups is 2. The van der Waals surface area contributed by atoms with Crippen molar-refractivity contribution in [1.29, 1.82) is 0 Å². The molecule has 0 aliphatic rings. The molecule has 2 amide bonds. The van der Waals surface area contributed by atoms with E-state index in [1.807, 2.05) is 13.8 Å². The maximum absolute atomic E-state index is 11.4. The Bertz CT molecular complexity index is 407. The van der Waals surface area contributed by atoms with E-state index in [-0.39, 0.29) is 23.6 Å². The van der Waals surface area contributed by atoms with Crippen LogP contribution in [0.15, 0.2) is 0 Å². The van der Waals surface area contributed by atoms with Gasteiger partial charge in [-0.15, -0.1) is 21.8 Å². The zero-order valence-corrected chi connectivity index (χ0v) is 11.1. The Balaban J connectivity index is 2.51. The number of amides is 2. The molecule has 0 aliphatic carbocycles. The first-order chi connectivity index (χ1) is 8.01. The van der Waals surface area contributed by atoms with Crippen molar-refractivity contribution >= 4 is 45.0 Å². The summed E-state index contributed by atoms with van der Waals surface area (Å²) < 4.78 is 0. The summed E-state index contributed by atoms with van der Waals surface area (Å²) in [6, 6.07) is 0. The van der Waals surface area contributed by atoms with Gasteiger partial charge >= 0.3 is 0 Å².